The van der Waals surface area contributed by atoms with Gasteiger partial charge in [0, 0.05) is 23.2 Å². The van der Waals surface area contributed by atoms with Crippen molar-refractivity contribution in [2.75, 3.05) is 0 Å². The van der Waals surface area contributed by atoms with E-state index in [0.29, 0.717) is 5.02 Å². The van der Waals surface area contributed by atoms with Crippen LogP contribution in [0.3, 0.4) is 0 Å². The van der Waals surface area contributed by atoms with Crippen molar-refractivity contribution < 1.29 is 28.6 Å². The van der Waals surface area contributed by atoms with Crippen LogP contribution < -0.4 is 15.5 Å². The van der Waals surface area contributed by atoms with Crippen molar-refractivity contribution in [1.82, 2.24) is 5.32 Å². The van der Waals surface area contributed by atoms with Gasteiger partial charge < -0.3 is 24.3 Å². The van der Waals surface area contributed by atoms with Gasteiger partial charge in [-0.3, -0.25) is 4.79 Å². The third-order valence-corrected chi connectivity index (χ3v) is 4.53. The summed E-state index contributed by atoms with van der Waals surface area (Å²) in [6, 6.07) is 6.00. The van der Waals surface area contributed by atoms with Crippen LogP contribution in [0.4, 0.5) is 4.79 Å². The van der Waals surface area contributed by atoms with E-state index in [-0.39, 0.29) is 34.1 Å². The van der Waals surface area contributed by atoms with Crippen molar-refractivity contribution in [1.29, 1.82) is 0 Å². The largest absolute Gasteiger partial charge is 0.507 e. The maximum absolute atomic E-state index is 12.7. The van der Waals surface area contributed by atoms with Crippen molar-refractivity contribution >= 4 is 45.6 Å². The summed E-state index contributed by atoms with van der Waals surface area (Å²) >= 11 is 5.96. The molecule has 31 heavy (non-hydrogen) atoms. The van der Waals surface area contributed by atoms with E-state index in [1.807, 2.05) is 0 Å². The number of halogens is 1. The van der Waals surface area contributed by atoms with Gasteiger partial charge >= 0.3 is 12.1 Å². The first-order valence-electron chi connectivity index (χ1n) is 9.59. The highest BCUT2D eigenvalue weighted by Crippen LogP contribution is 2.31. The predicted octanol–water partition coefficient (Wildman–Crippen LogP) is 4.51. The summed E-state index contributed by atoms with van der Waals surface area (Å²) in [5.41, 5.74) is -0.914. The second kappa shape index (κ2) is 8.47. The van der Waals surface area contributed by atoms with E-state index in [1.165, 1.54) is 18.2 Å². The van der Waals surface area contributed by atoms with Gasteiger partial charge in [0.1, 0.15) is 39.7 Å². The number of carbonyl (C=O) groups is 2. The van der Waals surface area contributed by atoms with E-state index < -0.39 is 34.9 Å². The van der Waals surface area contributed by atoms with Crippen molar-refractivity contribution in [2.45, 2.75) is 45.8 Å². The van der Waals surface area contributed by atoms with Gasteiger partial charge in [0.2, 0.25) is 5.43 Å². The molecular weight excluding hydrogens is 426 g/mol. The highest BCUT2D eigenvalue weighted by atomic mass is 35.5. The van der Waals surface area contributed by atoms with E-state index >= 15 is 0 Å². The van der Waals surface area contributed by atoms with Crippen molar-refractivity contribution in [2.24, 2.45) is 0 Å². The van der Waals surface area contributed by atoms with Crippen LogP contribution in [-0.4, -0.2) is 28.8 Å². The summed E-state index contributed by atoms with van der Waals surface area (Å²) < 4.78 is 16.1. The molecule has 0 aliphatic heterocycles. The fourth-order valence-electron chi connectivity index (χ4n) is 2.93. The minimum atomic E-state index is -0.977. The Morgan fingerprint density at radius 3 is 2.55 bits per heavy atom. The molecule has 0 unspecified atom stereocenters. The minimum absolute atomic E-state index is 0.0238. The lowest BCUT2D eigenvalue weighted by Gasteiger charge is -2.22. The first-order chi connectivity index (χ1) is 14.5. The summed E-state index contributed by atoms with van der Waals surface area (Å²) in [5.74, 6) is -1.22. The molecule has 3 rings (SSSR count). The van der Waals surface area contributed by atoms with Crippen LogP contribution in [0.15, 0.2) is 39.5 Å². The van der Waals surface area contributed by atoms with Gasteiger partial charge in [-0.1, -0.05) is 18.5 Å². The summed E-state index contributed by atoms with van der Waals surface area (Å²) in [5, 5.41) is 13.4. The van der Waals surface area contributed by atoms with Gasteiger partial charge in [-0.2, -0.15) is 0 Å². The second-order valence-corrected chi connectivity index (χ2v) is 8.35. The zero-order valence-corrected chi connectivity index (χ0v) is 18.2. The molecule has 0 radical (unpaired) electrons. The molecule has 0 aliphatic rings. The maximum atomic E-state index is 12.7. The Bertz CT molecular complexity index is 1230. The highest BCUT2D eigenvalue weighted by molar-refractivity contribution is 6.31. The third kappa shape index (κ3) is 5.08. The van der Waals surface area contributed by atoms with E-state index in [4.69, 9.17) is 25.5 Å². The van der Waals surface area contributed by atoms with Gasteiger partial charge in [0.15, 0.2) is 0 Å². The average Bonchev–Trinajstić information content (AvgIpc) is 2.63. The monoisotopic (exact) mass is 447 g/mol. The topological polar surface area (TPSA) is 115 Å². The minimum Gasteiger partial charge on any atom is -0.507 e. The number of fused-ring (bicyclic) bond motifs is 2. The summed E-state index contributed by atoms with van der Waals surface area (Å²) in [7, 11) is 0. The Labute approximate surface area is 182 Å². The molecule has 0 spiro atoms. The van der Waals surface area contributed by atoms with Gasteiger partial charge in [-0.05, 0) is 39.3 Å². The van der Waals surface area contributed by atoms with E-state index in [2.05, 4.69) is 5.32 Å². The molecule has 8 nitrogen and oxygen atoms in total. The number of esters is 1. The quantitative estimate of drug-likeness (QED) is 0.343. The number of carbonyl (C=O) groups excluding carboxylic acids is 2. The fourth-order valence-corrected chi connectivity index (χ4v) is 3.09. The number of nitrogens with one attached hydrogen (secondary N) is 1. The Balaban J connectivity index is 1.90. The predicted molar refractivity (Wildman–Crippen MR) is 116 cm³/mol. The van der Waals surface area contributed by atoms with Crippen molar-refractivity contribution in [3.05, 3.63) is 45.6 Å². The lowest BCUT2D eigenvalue weighted by molar-refractivity contribution is -0.136. The number of amides is 1. The zero-order chi connectivity index (χ0) is 22.9. The number of alkyl carbamates (subject to hydrolysis) is 1. The smallest absolute Gasteiger partial charge is 0.408 e. The van der Waals surface area contributed by atoms with E-state index in [9.17, 15) is 19.5 Å². The Hall–Kier alpha value is -3.26. The van der Waals surface area contributed by atoms with Gasteiger partial charge in [0.25, 0.3) is 0 Å². The van der Waals surface area contributed by atoms with E-state index in [0.717, 1.165) is 6.07 Å². The van der Waals surface area contributed by atoms with Gasteiger partial charge in [-0.25, -0.2) is 9.59 Å². The van der Waals surface area contributed by atoms with Crippen LogP contribution in [0.25, 0.3) is 21.9 Å². The Morgan fingerprint density at radius 1 is 1.19 bits per heavy atom. The molecule has 9 heteroatoms. The molecule has 0 fully saturated rings. The van der Waals surface area contributed by atoms with Crippen LogP contribution in [0.1, 0.15) is 34.1 Å². The molecule has 0 bridgehead atoms. The molecule has 1 heterocycles. The molecule has 2 N–H and O–H groups in total. The number of benzene rings is 2. The van der Waals surface area contributed by atoms with Gasteiger partial charge in [-0.15, -0.1) is 0 Å². The molecule has 2 aromatic carbocycles. The van der Waals surface area contributed by atoms with Crippen LogP contribution >= 0.6 is 11.6 Å². The van der Waals surface area contributed by atoms with Crippen LogP contribution in [0.2, 0.25) is 5.02 Å². The Kier molecular flexibility index (Phi) is 6.13. The summed E-state index contributed by atoms with van der Waals surface area (Å²) in [6.45, 7) is 6.80. The number of phenolic OH excluding ortho intramolecular Hbond substituents is 1. The van der Waals surface area contributed by atoms with E-state index in [1.54, 1.807) is 33.8 Å². The number of phenols is 1. The molecule has 0 aliphatic carbocycles. The first-order valence-corrected chi connectivity index (χ1v) is 9.96. The molecular formula is C22H22ClNO7. The average molecular weight is 448 g/mol. The van der Waals surface area contributed by atoms with Crippen molar-refractivity contribution in [3.8, 4) is 11.5 Å². The molecule has 164 valence electrons. The highest BCUT2D eigenvalue weighted by Gasteiger charge is 2.25. The first kappa shape index (κ1) is 22.4. The number of rotatable bonds is 4. The molecule has 1 amide bonds. The number of ether oxygens (including phenoxy) is 2. The molecule has 1 aromatic heterocycles. The number of hydrogen-bond acceptors (Lipinski definition) is 7. The normalized spacial score (nSPS) is 12.5. The number of hydrogen-bond donors (Lipinski definition) is 2. The lowest BCUT2D eigenvalue weighted by Crippen LogP contribution is -2.44. The molecule has 0 saturated carbocycles. The Morgan fingerprint density at radius 2 is 1.90 bits per heavy atom. The second-order valence-electron chi connectivity index (χ2n) is 7.92. The standard InChI is InChI=1S/C22H22ClNO7/c1-5-14(24-21(28)31-22(2,3)4)20(27)29-12-9-15(25)18-17(10-12)30-16-8-11(23)6-7-13(16)19(18)26/h6-10,14,25H,5H2,1-4H3,(H,24,28)/t14-/m1/s1. The third-order valence-electron chi connectivity index (χ3n) is 4.29. The number of aromatic hydroxyl groups is 1. The lowest BCUT2D eigenvalue weighted by atomic mass is 10.1. The maximum Gasteiger partial charge on any atom is 0.408 e. The van der Waals surface area contributed by atoms with Crippen molar-refractivity contribution in [3.63, 3.8) is 0 Å². The zero-order valence-electron chi connectivity index (χ0n) is 17.4. The molecule has 0 saturated heterocycles. The van der Waals surface area contributed by atoms with Crippen LogP contribution in [-0.2, 0) is 9.53 Å². The SMILES string of the molecule is CC[C@@H](NC(=O)OC(C)(C)C)C(=O)Oc1cc(O)c2c(=O)c3ccc(Cl)cc3oc2c1. The summed E-state index contributed by atoms with van der Waals surface area (Å²) in [4.78, 5) is 37.2. The molecule has 3 aromatic rings. The van der Waals surface area contributed by atoms with Crippen LogP contribution in [0.5, 0.6) is 11.5 Å². The van der Waals surface area contributed by atoms with Crippen LogP contribution in [0, 0.1) is 0 Å². The molecule has 1 atom stereocenters. The fraction of sp³-hybridized carbons (Fsp3) is 0.318. The summed E-state index contributed by atoms with van der Waals surface area (Å²) in [6.07, 6.45) is -0.512. The van der Waals surface area contributed by atoms with Gasteiger partial charge in [0.05, 0.1) is 5.39 Å².